The fourth-order valence-corrected chi connectivity index (χ4v) is 3.20. The van der Waals surface area contributed by atoms with Crippen molar-refractivity contribution in [3.05, 3.63) is 65.0 Å². The number of hydrogen-bond acceptors (Lipinski definition) is 5. The number of fused-ring (bicyclic) bond motifs is 1. The first-order valence-electron chi connectivity index (χ1n) is 8.21. The van der Waals surface area contributed by atoms with Crippen molar-refractivity contribution in [2.24, 2.45) is 0 Å². The number of amides is 2. The summed E-state index contributed by atoms with van der Waals surface area (Å²) in [6.07, 6.45) is 0.562. The van der Waals surface area contributed by atoms with E-state index in [0.717, 1.165) is 17.9 Å². The minimum atomic E-state index is -0.226. The SMILES string of the molecule is CN(C)Cc1cccc(C(S)CCN2C(=O)c3ccccc3C2=O)n1. The van der Waals surface area contributed by atoms with Crippen molar-refractivity contribution >= 4 is 24.4 Å². The second kappa shape index (κ2) is 7.37. The molecule has 130 valence electrons. The Morgan fingerprint density at radius 2 is 1.68 bits per heavy atom. The molecule has 0 aliphatic carbocycles. The second-order valence-corrected chi connectivity index (χ2v) is 7.03. The zero-order chi connectivity index (χ0) is 18.0. The molecule has 1 aromatic heterocycles. The van der Waals surface area contributed by atoms with Crippen LogP contribution in [0.2, 0.25) is 0 Å². The number of carbonyl (C=O) groups excluding carboxylic acids is 2. The molecule has 1 atom stereocenters. The monoisotopic (exact) mass is 355 g/mol. The van der Waals surface area contributed by atoms with Crippen LogP contribution in [0.1, 0.15) is 43.8 Å². The molecule has 1 aliphatic rings. The molecule has 2 heterocycles. The van der Waals surface area contributed by atoms with E-state index in [-0.39, 0.29) is 17.1 Å². The van der Waals surface area contributed by atoms with Crippen LogP contribution in [0.4, 0.5) is 0 Å². The Bertz CT molecular complexity index is 772. The van der Waals surface area contributed by atoms with Crippen molar-refractivity contribution in [3.63, 3.8) is 0 Å². The van der Waals surface area contributed by atoms with Crippen molar-refractivity contribution in [2.75, 3.05) is 20.6 Å². The smallest absolute Gasteiger partial charge is 0.261 e. The predicted molar refractivity (Wildman–Crippen MR) is 99.8 cm³/mol. The molecule has 2 amide bonds. The Morgan fingerprint density at radius 1 is 1.04 bits per heavy atom. The van der Waals surface area contributed by atoms with Crippen LogP contribution < -0.4 is 0 Å². The Morgan fingerprint density at radius 3 is 2.28 bits per heavy atom. The molecule has 0 saturated heterocycles. The predicted octanol–water partition coefficient (Wildman–Crippen LogP) is 2.80. The number of imide groups is 1. The molecular weight excluding hydrogens is 334 g/mol. The summed E-state index contributed by atoms with van der Waals surface area (Å²) in [5.74, 6) is -0.453. The molecule has 0 saturated carbocycles. The number of nitrogens with zero attached hydrogens (tertiary/aromatic N) is 3. The van der Waals surface area contributed by atoms with E-state index in [4.69, 9.17) is 0 Å². The van der Waals surface area contributed by atoms with E-state index >= 15 is 0 Å². The van der Waals surface area contributed by atoms with Gasteiger partial charge in [-0.05, 0) is 44.8 Å². The minimum absolute atomic E-state index is 0.133. The second-order valence-electron chi connectivity index (χ2n) is 6.40. The summed E-state index contributed by atoms with van der Waals surface area (Å²) in [4.78, 5) is 32.8. The molecule has 0 bridgehead atoms. The molecule has 1 aliphatic heterocycles. The van der Waals surface area contributed by atoms with Crippen molar-refractivity contribution in [1.29, 1.82) is 0 Å². The van der Waals surface area contributed by atoms with Crippen molar-refractivity contribution in [1.82, 2.24) is 14.8 Å². The number of carbonyl (C=O) groups is 2. The lowest BCUT2D eigenvalue weighted by molar-refractivity contribution is 0.0652. The highest BCUT2D eigenvalue weighted by Gasteiger charge is 2.34. The first-order valence-corrected chi connectivity index (χ1v) is 8.73. The van der Waals surface area contributed by atoms with Crippen LogP contribution in [0, 0.1) is 0 Å². The lowest BCUT2D eigenvalue weighted by Gasteiger charge is -2.17. The van der Waals surface area contributed by atoms with Crippen LogP contribution in [-0.2, 0) is 6.54 Å². The molecule has 0 radical (unpaired) electrons. The first-order chi connectivity index (χ1) is 12.0. The maximum absolute atomic E-state index is 12.4. The standard InChI is InChI=1S/C19H21N3O2S/c1-21(2)12-13-6-5-9-16(20-13)17(25)10-11-22-18(23)14-7-3-4-8-15(14)19(22)24/h3-9,17,25H,10-12H2,1-2H3. The van der Waals surface area contributed by atoms with Gasteiger partial charge >= 0.3 is 0 Å². The molecule has 5 nitrogen and oxygen atoms in total. The van der Waals surface area contributed by atoms with Gasteiger partial charge in [-0.25, -0.2) is 0 Å². The fourth-order valence-electron chi connectivity index (χ4n) is 2.94. The van der Waals surface area contributed by atoms with Crippen LogP contribution in [0.15, 0.2) is 42.5 Å². The van der Waals surface area contributed by atoms with Crippen LogP contribution in [0.5, 0.6) is 0 Å². The summed E-state index contributed by atoms with van der Waals surface area (Å²) >= 11 is 4.63. The molecule has 0 spiro atoms. The third-order valence-electron chi connectivity index (χ3n) is 4.15. The van der Waals surface area contributed by atoms with Gasteiger partial charge in [0.2, 0.25) is 0 Å². The number of benzene rings is 1. The van der Waals surface area contributed by atoms with Crippen LogP contribution >= 0.6 is 12.6 Å². The van der Waals surface area contributed by atoms with Crippen molar-refractivity contribution < 1.29 is 9.59 Å². The highest BCUT2D eigenvalue weighted by Crippen LogP contribution is 2.27. The third-order valence-corrected chi connectivity index (χ3v) is 4.68. The third kappa shape index (κ3) is 3.75. The summed E-state index contributed by atoms with van der Waals surface area (Å²) in [5, 5.41) is -0.133. The number of pyridine rings is 1. The maximum Gasteiger partial charge on any atom is 0.261 e. The van der Waals surface area contributed by atoms with Gasteiger partial charge in [0.25, 0.3) is 11.8 Å². The molecule has 1 unspecified atom stereocenters. The molecule has 6 heteroatoms. The van der Waals surface area contributed by atoms with Crippen LogP contribution in [-0.4, -0.2) is 47.2 Å². The van der Waals surface area contributed by atoms with Gasteiger partial charge in [-0.15, -0.1) is 0 Å². The highest BCUT2D eigenvalue weighted by atomic mass is 32.1. The van der Waals surface area contributed by atoms with Gasteiger partial charge in [-0.2, -0.15) is 12.6 Å². The van der Waals surface area contributed by atoms with Crippen molar-refractivity contribution in [3.8, 4) is 0 Å². The van der Waals surface area contributed by atoms with Gasteiger partial charge in [-0.1, -0.05) is 18.2 Å². The van der Waals surface area contributed by atoms with E-state index in [1.54, 1.807) is 24.3 Å². The summed E-state index contributed by atoms with van der Waals surface area (Å²) in [5.41, 5.74) is 2.80. The molecule has 2 aromatic rings. The summed E-state index contributed by atoms with van der Waals surface area (Å²) in [6, 6.07) is 12.8. The molecule has 25 heavy (non-hydrogen) atoms. The topological polar surface area (TPSA) is 53.5 Å². The number of thiol groups is 1. The summed E-state index contributed by atoms with van der Waals surface area (Å²) in [7, 11) is 3.99. The van der Waals surface area contributed by atoms with Gasteiger partial charge in [0.05, 0.1) is 22.5 Å². The number of rotatable bonds is 6. The average molecular weight is 355 g/mol. The first kappa shape index (κ1) is 17.6. The van der Waals surface area contributed by atoms with Gasteiger partial charge < -0.3 is 4.90 Å². The average Bonchev–Trinajstić information content (AvgIpc) is 2.84. The molecule has 1 aromatic carbocycles. The highest BCUT2D eigenvalue weighted by molar-refractivity contribution is 7.80. The van der Waals surface area contributed by atoms with E-state index in [1.807, 2.05) is 32.3 Å². The van der Waals surface area contributed by atoms with E-state index in [2.05, 4.69) is 22.5 Å². The zero-order valence-corrected chi connectivity index (χ0v) is 15.2. The quantitative estimate of drug-likeness (QED) is 0.639. The largest absolute Gasteiger partial charge is 0.304 e. The summed E-state index contributed by atoms with van der Waals surface area (Å²) in [6.45, 7) is 1.09. The van der Waals surface area contributed by atoms with Gasteiger partial charge in [0.1, 0.15) is 0 Å². The Labute approximate surface area is 153 Å². The van der Waals surface area contributed by atoms with Gasteiger partial charge in [0, 0.05) is 18.3 Å². The maximum atomic E-state index is 12.4. The Balaban J connectivity index is 1.66. The fraction of sp³-hybridized carbons (Fsp3) is 0.316. The molecule has 3 rings (SSSR count). The molecular formula is C19H21N3O2S. The Kier molecular flexibility index (Phi) is 5.20. The van der Waals surface area contributed by atoms with E-state index in [1.165, 1.54) is 4.90 Å². The van der Waals surface area contributed by atoms with E-state index in [9.17, 15) is 9.59 Å². The van der Waals surface area contributed by atoms with E-state index < -0.39 is 0 Å². The normalized spacial score (nSPS) is 15.0. The lowest BCUT2D eigenvalue weighted by atomic mass is 10.1. The zero-order valence-electron chi connectivity index (χ0n) is 14.3. The molecule has 0 N–H and O–H groups in total. The van der Waals surface area contributed by atoms with Gasteiger partial charge in [0.15, 0.2) is 0 Å². The van der Waals surface area contributed by atoms with Gasteiger partial charge in [-0.3, -0.25) is 19.5 Å². The number of hydrogen-bond donors (Lipinski definition) is 1. The molecule has 0 fully saturated rings. The lowest BCUT2D eigenvalue weighted by Crippen LogP contribution is -2.31. The number of aromatic nitrogens is 1. The van der Waals surface area contributed by atoms with Crippen LogP contribution in [0.3, 0.4) is 0 Å². The minimum Gasteiger partial charge on any atom is -0.304 e. The van der Waals surface area contributed by atoms with Crippen LogP contribution in [0.25, 0.3) is 0 Å². The van der Waals surface area contributed by atoms with E-state index in [0.29, 0.717) is 24.1 Å². The summed E-state index contributed by atoms with van der Waals surface area (Å²) < 4.78 is 0. The Hall–Kier alpha value is -2.18. The van der Waals surface area contributed by atoms with Crippen molar-refractivity contribution in [2.45, 2.75) is 18.2 Å².